The molecule has 126 valence electrons. The van der Waals surface area contributed by atoms with Crippen molar-refractivity contribution in [3.63, 3.8) is 0 Å². The summed E-state index contributed by atoms with van der Waals surface area (Å²) in [5.41, 5.74) is 1.75. The minimum Gasteiger partial charge on any atom is -0.497 e. The predicted molar refractivity (Wildman–Crippen MR) is 91.9 cm³/mol. The molecule has 0 N–H and O–H groups in total. The second-order valence-corrected chi connectivity index (χ2v) is 6.23. The van der Waals surface area contributed by atoms with Crippen LogP contribution in [0.4, 0.5) is 4.39 Å². The highest BCUT2D eigenvalue weighted by Gasteiger charge is 2.24. The smallest absolute Gasteiger partial charge is 0.254 e. The number of ether oxygens (including phenoxy) is 1. The number of amides is 1. The number of halogens is 1. The number of hydrogen-bond acceptors (Lipinski definition) is 2. The summed E-state index contributed by atoms with van der Waals surface area (Å²) >= 11 is 0. The van der Waals surface area contributed by atoms with E-state index < -0.39 is 0 Å². The number of hydrogen-bond donors (Lipinski definition) is 0. The van der Waals surface area contributed by atoms with Gasteiger partial charge in [0.25, 0.3) is 5.91 Å². The molecule has 1 aliphatic heterocycles. The van der Waals surface area contributed by atoms with Gasteiger partial charge in [0.05, 0.1) is 7.11 Å². The van der Waals surface area contributed by atoms with Crippen LogP contribution in [0.25, 0.3) is 0 Å². The highest BCUT2D eigenvalue weighted by atomic mass is 19.1. The van der Waals surface area contributed by atoms with Gasteiger partial charge in [-0.1, -0.05) is 24.6 Å². The lowest BCUT2D eigenvalue weighted by Gasteiger charge is -2.25. The fraction of sp³-hybridized carbons (Fsp3) is 0.350. The Hall–Kier alpha value is -2.36. The molecule has 1 amide bonds. The molecule has 1 aliphatic rings. The average Bonchev–Trinajstić information content (AvgIpc) is 2.88. The van der Waals surface area contributed by atoms with Crippen molar-refractivity contribution in [3.05, 3.63) is 65.5 Å². The van der Waals surface area contributed by atoms with Crippen molar-refractivity contribution in [1.82, 2.24) is 4.90 Å². The number of nitrogens with zero attached hydrogens (tertiary/aromatic N) is 1. The monoisotopic (exact) mass is 327 g/mol. The van der Waals surface area contributed by atoms with Gasteiger partial charge in [-0.3, -0.25) is 4.79 Å². The predicted octanol–water partition coefficient (Wildman–Crippen LogP) is 4.24. The van der Waals surface area contributed by atoms with E-state index in [2.05, 4.69) is 0 Å². The summed E-state index contributed by atoms with van der Waals surface area (Å²) in [6, 6.07) is 13.9. The van der Waals surface area contributed by atoms with Gasteiger partial charge < -0.3 is 9.64 Å². The quantitative estimate of drug-likeness (QED) is 0.844. The molecule has 0 bridgehead atoms. The normalized spacial score (nSPS) is 18.1. The molecule has 1 saturated heterocycles. The van der Waals surface area contributed by atoms with Crippen molar-refractivity contribution in [2.75, 3.05) is 20.2 Å². The summed E-state index contributed by atoms with van der Waals surface area (Å²) in [4.78, 5) is 14.8. The van der Waals surface area contributed by atoms with Crippen LogP contribution in [0.2, 0.25) is 0 Å². The lowest BCUT2D eigenvalue weighted by molar-refractivity contribution is 0.0754. The molecule has 2 aromatic rings. The van der Waals surface area contributed by atoms with Crippen LogP contribution >= 0.6 is 0 Å². The van der Waals surface area contributed by atoms with Crippen LogP contribution in [0.15, 0.2) is 48.5 Å². The largest absolute Gasteiger partial charge is 0.497 e. The molecule has 1 unspecified atom stereocenters. The Labute approximate surface area is 142 Å². The van der Waals surface area contributed by atoms with Crippen LogP contribution in [0.3, 0.4) is 0 Å². The minimum absolute atomic E-state index is 0.0305. The van der Waals surface area contributed by atoms with Gasteiger partial charge in [0.1, 0.15) is 11.6 Å². The molecule has 3 rings (SSSR count). The fourth-order valence-electron chi connectivity index (χ4n) is 3.27. The summed E-state index contributed by atoms with van der Waals surface area (Å²) in [7, 11) is 1.60. The van der Waals surface area contributed by atoms with E-state index in [1.165, 1.54) is 12.1 Å². The molecule has 0 radical (unpaired) electrons. The van der Waals surface area contributed by atoms with Gasteiger partial charge in [0.2, 0.25) is 0 Å². The average molecular weight is 327 g/mol. The van der Waals surface area contributed by atoms with Gasteiger partial charge in [-0.15, -0.1) is 0 Å². The van der Waals surface area contributed by atoms with Gasteiger partial charge in [-0.05, 0) is 48.7 Å². The van der Waals surface area contributed by atoms with Crippen LogP contribution < -0.4 is 4.74 Å². The number of carbonyl (C=O) groups is 1. The highest BCUT2D eigenvalue weighted by Crippen LogP contribution is 2.28. The fourth-order valence-corrected chi connectivity index (χ4v) is 3.27. The summed E-state index contributed by atoms with van der Waals surface area (Å²) in [5.74, 6) is 0.744. The first-order valence-corrected chi connectivity index (χ1v) is 8.36. The third-order valence-corrected chi connectivity index (χ3v) is 4.62. The molecule has 0 aromatic heterocycles. The van der Waals surface area contributed by atoms with Crippen LogP contribution in [0.1, 0.15) is 41.1 Å². The Bertz CT molecular complexity index is 699. The molecule has 1 heterocycles. The van der Waals surface area contributed by atoms with Crippen LogP contribution in [-0.2, 0) is 0 Å². The lowest BCUT2D eigenvalue weighted by atomic mass is 9.94. The number of benzene rings is 2. The zero-order valence-corrected chi connectivity index (χ0v) is 13.9. The topological polar surface area (TPSA) is 29.5 Å². The van der Waals surface area contributed by atoms with E-state index in [1.807, 2.05) is 35.2 Å². The summed E-state index contributed by atoms with van der Waals surface area (Å²) in [6.45, 7) is 1.43. The zero-order chi connectivity index (χ0) is 16.9. The van der Waals surface area contributed by atoms with Gasteiger partial charge in [-0.25, -0.2) is 4.39 Å². The highest BCUT2D eigenvalue weighted by molar-refractivity contribution is 5.94. The van der Waals surface area contributed by atoms with Gasteiger partial charge >= 0.3 is 0 Å². The Morgan fingerprint density at radius 1 is 1.17 bits per heavy atom. The zero-order valence-electron chi connectivity index (χ0n) is 13.9. The van der Waals surface area contributed by atoms with Crippen LogP contribution in [-0.4, -0.2) is 31.0 Å². The maximum absolute atomic E-state index is 13.2. The standard InChI is InChI=1S/C20H22FNO2/c1-24-19-7-4-6-16(13-19)20(23)22-12-3-2-5-17(14-22)15-8-10-18(21)11-9-15/h4,6-11,13,17H,2-3,5,12,14H2,1H3. The maximum Gasteiger partial charge on any atom is 0.254 e. The molecule has 0 aliphatic carbocycles. The Morgan fingerprint density at radius 2 is 1.96 bits per heavy atom. The molecule has 3 nitrogen and oxygen atoms in total. The lowest BCUT2D eigenvalue weighted by Crippen LogP contribution is -2.34. The van der Waals surface area contributed by atoms with E-state index >= 15 is 0 Å². The van der Waals surface area contributed by atoms with Crippen molar-refractivity contribution >= 4 is 5.91 Å². The van der Waals surface area contributed by atoms with Crippen molar-refractivity contribution in [2.24, 2.45) is 0 Å². The Balaban J connectivity index is 1.79. The van der Waals surface area contributed by atoms with Gasteiger partial charge in [-0.2, -0.15) is 0 Å². The maximum atomic E-state index is 13.2. The van der Waals surface area contributed by atoms with Crippen LogP contribution in [0.5, 0.6) is 5.75 Å². The summed E-state index contributed by atoms with van der Waals surface area (Å²) in [6.07, 6.45) is 3.09. The molecule has 0 spiro atoms. The molecular weight excluding hydrogens is 305 g/mol. The summed E-state index contributed by atoms with van der Waals surface area (Å²) < 4.78 is 18.4. The molecule has 0 saturated carbocycles. The second-order valence-electron chi connectivity index (χ2n) is 6.23. The van der Waals surface area contributed by atoms with Crippen LogP contribution in [0, 0.1) is 5.82 Å². The molecule has 1 fully saturated rings. The van der Waals surface area contributed by atoms with E-state index in [9.17, 15) is 9.18 Å². The third-order valence-electron chi connectivity index (χ3n) is 4.62. The number of carbonyl (C=O) groups excluding carboxylic acids is 1. The van der Waals surface area contributed by atoms with E-state index in [4.69, 9.17) is 4.74 Å². The molecule has 4 heteroatoms. The first kappa shape index (κ1) is 16.5. The van der Waals surface area contributed by atoms with Gasteiger partial charge in [0.15, 0.2) is 0 Å². The second kappa shape index (κ2) is 7.47. The Morgan fingerprint density at radius 3 is 2.71 bits per heavy atom. The van der Waals surface area contributed by atoms with Crippen molar-refractivity contribution in [1.29, 1.82) is 0 Å². The molecule has 1 atom stereocenters. The third kappa shape index (κ3) is 3.75. The number of rotatable bonds is 3. The molecule has 2 aromatic carbocycles. The molecular formula is C20H22FNO2. The Kier molecular flexibility index (Phi) is 5.14. The van der Waals surface area contributed by atoms with Crippen molar-refractivity contribution < 1.29 is 13.9 Å². The van der Waals surface area contributed by atoms with Gasteiger partial charge in [0, 0.05) is 24.6 Å². The van der Waals surface area contributed by atoms with Crippen molar-refractivity contribution in [3.8, 4) is 5.75 Å². The SMILES string of the molecule is COc1cccc(C(=O)N2CCCCC(c3ccc(F)cc3)C2)c1. The van der Waals surface area contributed by atoms with E-state index in [0.29, 0.717) is 17.9 Å². The van der Waals surface area contributed by atoms with Crippen molar-refractivity contribution in [2.45, 2.75) is 25.2 Å². The van der Waals surface area contributed by atoms with E-state index in [-0.39, 0.29) is 17.6 Å². The van der Waals surface area contributed by atoms with E-state index in [0.717, 1.165) is 31.4 Å². The summed E-state index contributed by atoms with van der Waals surface area (Å²) in [5, 5.41) is 0. The molecule has 24 heavy (non-hydrogen) atoms. The first-order valence-electron chi connectivity index (χ1n) is 8.36. The first-order chi connectivity index (χ1) is 11.7. The van der Waals surface area contributed by atoms with E-state index in [1.54, 1.807) is 13.2 Å². The number of methoxy groups -OCH3 is 1. The number of likely N-dealkylation sites (tertiary alicyclic amines) is 1. The minimum atomic E-state index is -0.225.